The predicted octanol–water partition coefficient (Wildman–Crippen LogP) is 1.36. The van der Waals surface area contributed by atoms with E-state index in [1.807, 2.05) is 6.92 Å². The SMILES string of the molecule is CC(=O)O[C@@H]1C(C)CCOC1C. The first kappa shape index (κ1) is 9.52. The highest BCUT2D eigenvalue weighted by Crippen LogP contribution is 2.22. The molecular weight excluding hydrogens is 156 g/mol. The largest absolute Gasteiger partial charge is 0.460 e. The number of carbonyl (C=O) groups excluding carboxylic acids is 1. The highest BCUT2D eigenvalue weighted by atomic mass is 16.6. The van der Waals surface area contributed by atoms with Gasteiger partial charge in [-0.05, 0) is 19.3 Å². The molecule has 0 amide bonds. The van der Waals surface area contributed by atoms with E-state index in [1.165, 1.54) is 6.92 Å². The van der Waals surface area contributed by atoms with Gasteiger partial charge < -0.3 is 9.47 Å². The van der Waals surface area contributed by atoms with E-state index in [1.54, 1.807) is 0 Å². The average molecular weight is 172 g/mol. The van der Waals surface area contributed by atoms with Crippen LogP contribution in [0.5, 0.6) is 0 Å². The van der Waals surface area contributed by atoms with Gasteiger partial charge in [0.1, 0.15) is 6.10 Å². The van der Waals surface area contributed by atoms with Crippen LogP contribution in [0.15, 0.2) is 0 Å². The van der Waals surface area contributed by atoms with Crippen LogP contribution in [-0.4, -0.2) is 24.8 Å². The first-order valence-electron chi connectivity index (χ1n) is 4.40. The Morgan fingerprint density at radius 2 is 2.17 bits per heavy atom. The molecular formula is C9H16O3. The quantitative estimate of drug-likeness (QED) is 0.560. The van der Waals surface area contributed by atoms with Crippen LogP contribution in [0, 0.1) is 5.92 Å². The molecule has 3 atom stereocenters. The Hall–Kier alpha value is -0.570. The summed E-state index contributed by atoms with van der Waals surface area (Å²) in [6, 6.07) is 0. The molecule has 3 nitrogen and oxygen atoms in total. The van der Waals surface area contributed by atoms with Crippen molar-refractivity contribution >= 4 is 5.97 Å². The summed E-state index contributed by atoms with van der Waals surface area (Å²) in [5.41, 5.74) is 0. The van der Waals surface area contributed by atoms with Crippen molar-refractivity contribution in [3.63, 3.8) is 0 Å². The Kier molecular flexibility index (Phi) is 3.09. The lowest BCUT2D eigenvalue weighted by Crippen LogP contribution is -2.40. The fourth-order valence-electron chi connectivity index (χ4n) is 1.57. The monoisotopic (exact) mass is 172 g/mol. The molecule has 0 saturated carbocycles. The average Bonchev–Trinajstić information content (AvgIpc) is 1.97. The molecule has 1 rings (SSSR count). The second-order valence-corrected chi connectivity index (χ2v) is 3.42. The van der Waals surface area contributed by atoms with Gasteiger partial charge in [-0.1, -0.05) is 6.92 Å². The van der Waals surface area contributed by atoms with Gasteiger partial charge in [0.2, 0.25) is 0 Å². The van der Waals surface area contributed by atoms with Crippen molar-refractivity contribution in [1.29, 1.82) is 0 Å². The second kappa shape index (κ2) is 3.90. The molecule has 12 heavy (non-hydrogen) atoms. The molecule has 3 heteroatoms. The van der Waals surface area contributed by atoms with Gasteiger partial charge in [-0.15, -0.1) is 0 Å². The first-order valence-corrected chi connectivity index (χ1v) is 4.40. The van der Waals surface area contributed by atoms with Crippen LogP contribution in [-0.2, 0) is 14.3 Å². The molecule has 0 bridgehead atoms. The molecule has 0 spiro atoms. The van der Waals surface area contributed by atoms with Crippen LogP contribution < -0.4 is 0 Å². The van der Waals surface area contributed by atoms with E-state index in [4.69, 9.17) is 9.47 Å². The zero-order valence-electron chi connectivity index (χ0n) is 7.87. The maximum absolute atomic E-state index is 10.7. The van der Waals surface area contributed by atoms with Crippen molar-refractivity contribution in [1.82, 2.24) is 0 Å². The van der Waals surface area contributed by atoms with Crippen molar-refractivity contribution in [3.05, 3.63) is 0 Å². The number of hydrogen-bond acceptors (Lipinski definition) is 3. The van der Waals surface area contributed by atoms with E-state index >= 15 is 0 Å². The van der Waals surface area contributed by atoms with Gasteiger partial charge in [-0.2, -0.15) is 0 Å². The van der Waals surface area contributed by atoms with Crippen LogP contribution in [0.2, 0.25) is 0 Å². The zero-order valence-corrected chi connectivity index (χ0v) is 7.87. The third-order valence-corrected chi connectivity index (χ3v) is 2.28. The van der Waals surface area contributed by atoms with Crippen molar-refractivity contribution in [3.8, 4) is 0 Å². The van der Waals surface area contributed by atoms with Crippen molar-refractivity contribution in [2.75, 3.05) is 6.61 Å². The second-order valence-electron chi connectivity index (χ2n) is 3.42. The molecule has 0 aromatic rings. The van der Waals surface area contributed by atoms with Gasteiger partial charge in [-0.25, -0.2) is 0 Å². The van der Waals surface area contributed by atoms with Crippen LogP contribution in [0.1, 0.15) is 27.2 Å². The summed E-state index contributed by atoms with van der Waals surface area (Å²) in [7, 11) is 0. The molecule has 70 valence electrons. The Balaban J connectivity index is 2.50. The molecule has 1 saturated heterocycles. The molecule has 1 aliphatic heterocycles. The lowest BCUT2D eigenvalue weighted by molar-refractivity contribution is -0.166. The molecule has 0 radical (unpaired) electrons. The molecule has 1 aliphatic rings. The van der Waals surface area contributed by atoms with E-state index in [0.717, 1.165) is 13.0 Å². The fourth-order valence-corrected chi connectivity index (χ4v) is 1.57. The maximum Gasteiger partial charge on any atom is 0.303 e. The number of rotatable bonds is 1. The minimum atomic E-state index is -0.218. The van der Waals surface area contributed by atoms with Crippen molar-refractivity contribution < 1.29 is 14.3 Å². The molecule has 2 unspecified atom stereocenters. The van der Waals surface area contributed by atoms with Crippen LogP contribution >= 0.6 is 0 Å². The molecule has 1 heterocycles. The number of carbonyl (C=O) groups is 1. The van der Waals surface area contributed by atoms with Crippen LogP contribution in [0.4, 0.5) is 0 Å². The molecule has 0 aromatic heterocycles. The Morgan fingerprint density at radius 3 is 2.67 bits per heavy atom. The highest BCUT2D eigenvalue weighted by molar-refractivity contribution is 5.66. The van der Waals surface area contributed by atoms with E-state index in [-0.39, 0.29) is 18.2 Å². The summed E-state index contributed by atoms with van der Waals surface area (Å²) < 4.78 is 10.5. The van der Waals surface area contributed by atoms with Crippen LogP contribution in [0.25, 0.3) is 0 Å². The zero-order chi connectivity index (χ0) is 9.14. The lowest BCUT2D eigenvalue weighted by Gasteiger charge is -2.33. The summed E-state index contributed by atoms with van der Waals surface area (Å²) in [6.45, 7) is 6.25. The van der Waals surface area contributed by atoms with Gasteiger partial charge >= 0.3 is 5.97 Å². The standard InChI is InChI=1S/C9H16O3/c1-6-4-5-11-7(2)9(6)12-8(3)10/h6-7,9H,4-5H2,1-3H3/t6?,7?,9-/m1/s1. The molecule has 0 N–H and O–H groups in total. The molecule has 1 fully saturated rings. The lowest BCUT2D eigenvalue weighted by atomic mass is 9.95. The van der Waals surface area contributed by atoms with Gasteiger partial charge in [-0.3, -0.25) is 4.79 Å². The van der Waals surface area contributed by atoms with Crippen molar-refractivity contribution in [2.24, 2.45) is 5.92 Å². The first-order chi connectivity index (χ1) is 5.61. The Labute approximate surface area is 73.0 Å². The summed E-state index contributed by atoms with van der Waals surface area (Å²) in [4.78, 5) is 10.7. The maximum atomic E-state index is 10.7. The number of hydrogen-bond donors (Lipinski definition) is 0. The number of esters is 1. The van der Waals surface area contributed by atoms with Crippen molar-refractivity contribution in [2.45, 2.75) is 39.4 Å². The van der Waals surface area contributed by atoms with Gasteiger partial charge in [0.15, 0.2) is 0 Å². The highest BCUT2D eigenvalue weighted by Gasteiger charge is 2.30. The normalized spacial score (nSPS) is 36.1. The minimum Gasteiger partial charge on any atom is -0.460 e. The third-order valence-electron chi connectivity index (χ3n) is 2.28. The number of ether oxygens (including phenoxy) is 2. The molecule has 0 aromatic carbocycles. The molecule has 0 aliphatic carbocycles. The van der Waals surface area contributed by atoms with Gasteiger partial charge in [0.05, 0.1) is 6.10 Å². The van der Waals surface area contributed by atoms with E-state index in [0.29, 0.717) is 5.92 Å². The smallest absolute Gasteiger partial charge is 0.303 e. The summed E-state index contributed by atoms with van der Waals surface area (Å²) >= 11 is 0. The topological polar surface area (TPSA) is 35.5 Å². The Morgan fingerprint density at radius 1 is 1.50 bits per heavy atom. The van der Waals surface area contributed by atoms with E-state index in [2.05, 4.69) is 6.92 Å². The third kappa shape index (κ3) is 2.21. The predicted molar refractivity (Wildman–Crippen MR) is 44.7 cm³/mol. The van der Waals surface area contributed by atoms with Gasteiger partial charge in [0, 0.05) is 13.5 Å². The fraction of sp³-hybridized carbons (Fsp3) is 0.889. The summed E-state index contributed by atoms with van der Waals surface area (Å²) in [6.07, 6.45) is 0.955. The Bertz CT molecular complexity index is 157. The van der Waals surface area contributed by atoms with E-state index < -0.39 is 0 Å². The summed E-state index contributed by atoms with van der Waals surface area (Å²) in [5.74, 6) is 0.196. The van der Waals surface area contributed by atoms with Gasteiger partial charge in [0.25, 0.3) is 0 Å². The minimum absolute atomic E-state index is 0.0395. The van der Waals surface area contributed by atoms with E-state index in [9.17, 15) is 4.79 Å². The summed E-state index contributed by atoms with van der Waals surface area (Å²) in [5, 5.41) is 0. The van der Waals surface area contributed by atoms with Crippen LogP contribution in [0.3, 0.4) is 0 Å².